The molecule has 0 unspecified atom stereocenters. The van der Waals surface area contributed by atoms with Crippen LogP contribution in [-0.4, -0.2) is 21.5 Å². The van der Waals surface area contributed by atoms with Gasteiger partial charge in [-0.15, -0.1) is 0 Å². The molecule has 3 rings (SSSR count). The summed E-state index contributed by atoms with van der Waals surface area (Å²) in [5.41, 5.74) is 1.99. The zero-order valence-corrected chi connectivity index (χ0v) is 16.0. The number of aromatic hydroxyl groups is 1. The summed E-state index contributed by atoms with van der Waals surface area (Å²) < 4.78 is 19.3. The van der Waals surface area contributed by atoms with E-state index < -0.39 is 0 Å². The van der Waals surface area contributed by atoms with Gasteiger partial charge < -0.3 is 19.3 Å². The maximum Gasteiger partial charge on any atom is 0.220 e. The van der Waals surface area contributed by atoms with Crippen LogP contribution in [-0.2, 0) is 6.54 Å². The van der Waals surface area contributed by atoms with Crippen molar-refractivity contribution in [1.82, 2.24) is 9.78 Å². The van der Waals surface area contributed by atoms with E-state index in [2.05, 4.69) is 5.10 Å². The van der Waals surface area contributed by atoms with Crippen molar-refractivity contribution < 1.29 is 19.3 Å². The first-order chi connectivity index (χ1) is 13.0. The molecule has 0 amide bonds. The van der Waals surface area contributed by atoms with Crippen molar-refractivity contribution in [2.45, 2.75) is 34.2 Å². The molecule has 142 valence electrons. The molecule has 0 atom stereocenters. The first-order valence-corrected chi connectivity index (χ1v) is 8.97. The molecule has 27 heavy (non-hydrogen) atoms. The molecule has 0 spiro atoms. The Labute approximate surface area is 158 Å². The fourth-order valence-corrected chi connectivity index (χ4v) is 2.66. The van der Waals surface area contributed by atoms with E-state index in [0.717, 1.165) is 23.7 Å². The second-order valence-corrected chi connectivity index (χ2v) is 6.07. The van der Waals surface area contributed by atoms with Gasteiger partial charge in [0.1, 0.15) is 17.2 Å². The van der Waals surface area contributed by atoms with E-state index in [1.54, 1.807) is 12.1 Å². The Balaban J connectivity index is 1.77. The Hall–Kier alpha value is -3.15. The summed E-state index contributed by atoms with van der Waals surface area (Å²) in [6, 6.07) is 12.1. The van der Waals surface area contributed by atoms with Crippen LogP contribution in [0.4, 0.5) is 0 Å². The van der Waals surface area contributed by atoms with Gasteiger partial charge in [0.15, 0.2) is 11.5 Å². The van der Waals surface area contributed by atoms with E-state index in [9.17, 15) is 5.11 Å². The number of aryl methyl sites for hydroxylation is 2. The molecule has 3 aromatic rings. The van der Waals surface area contributed by atoms with Gasteiger partial charge in [0.2, 0.25) is 5.88 Å². The average molecular weight is 368 g/mol. The molecule has 1 N–H and O–H groups in total. The van der Waals surface area contributed by atoms with Gasteiger partial charge in [0, 0.05) is 18.2 Å². The minimum Gasteiger partial charge on any atom is -0.508 e. The van der Waals surface area contributed by atoms with Crippen LogP contribution in [0.25, 0.3) is 0 Å². The molecule has 0 radical (unpaired) electrons. The van der Waals surface area contributed by atoms with Gasteiger partial charge in [-0.05, 0) is 64.1 Å². The van der Waals surface area contributed by atoms with Crippen LogP contribution < -0.4 is 14.2 Å². The molecule has 0 aliphatic heterocycles. The molecular formula is C21H24N2O4. The zero-order chi connectivity index (χ0) is 19.4. The Morgan fingerprint density at radius 1 is 0.926 bits per heavy atom. The number of rotatable bonds is 7. The molecule has 0 bridgehead atoms. The summed E-state index contributed by atoms with van der Waals surface area (Å²) in [7, 11) is 0. The summed E-state index contributed by atoms with van der Waals surface area (Å²) in [5.74, 6) is 3.27. The summed E-state index contributed by atoms with van der Waals surface area (Å²) in [5, 5.41) is 14.1. The van der Waals surface area contributed by atoms with Crippen LogP contribution >= 0.6 is 0 Å². The molecule has 0 saturated carbocycles. The Kier molecular flexibility index (Phi) is 5.54. The van der Waals surface area contributed by atoms with Gasteiger partial charge >= 0.3 is 0 Å². The van der Waals surface area contributed by atoms with Gasteiger partial charge in [-0.25, -0.2) is 4.68 Å². The lowest BCUT2D eigenvalue weighted by Crippen LogP contribution is -2.00. The van der Waals surface area contributed by atoms with Crippen molar-refractivity contribution >= 4 is 0 Å². The zero-order valence-electron chi connectivity index (χ0n) is 16.0. The van der Waals surface area contributed by atoms with Gasteiger partial charge in [-0.3, -0.25) is 0 Å². The standard InChI is InChI=1S/C21H24N2O4/c1-5-23-21(14(3)15(4)22-23)27-18-10-8-17(9-11-18)26-19-12-7-16(24)13-20(19)25-6-2/h7-13,24H,5-6H2,1-4H3. The second-order valence-electron chi connectivity index (χ2n) is 6.07. The van der Waals surface area contributed by atoms with Crippen LogP contribution in [0.5, 0.6) is 34.6 Å². The summed E-state index contributed by atoms with van der Waals surface area (Å²) in [4.78, 5) is 0. The van der Waals surface area contributed by atoms with Gasteiger partial charge in [0.05, 0.1) is 12.3 Å². The van der Waals surface area contributed by atoms with Crippen molar-refractivity contribution in [3.63, 3.8) is 0 Å². The topological polar surface area (TPSA) is 65.7 Å². The number of hydrogen-bond donors (Lipinski definition) is 1. The van der Waals surface area contributed by atoms with Gasteiger partial charge in [-0.1, -0.05) is 0 Å². The molecule has 1 heterocycles. The van der Waals surface area contributed by atoms with Crippen LogP contribution in [0.15, 0.2) is 42.5 Å². The monoisotopic (exact) mass is 368 g/mol. The van der Waals surface area contributed by atoms with E-state index in [0.29, 0.717) is 29.6 Å². The summed E-state index contributed by atoms with van der Waals surface area (Å²) >= 11 is 0. The number of hydrogen-bond acceptors (Lipinski definition) is 5. The Morgan fingerprint density at radius 3 is 2.22 bits per heavy atom. The van der Waals surface area contributed by atoms with E-state index in [-0.39, 0.29) is 5.75 Å². The third-order valence-electron chi connectivity index (χ3n) is 4.16. The van der Waals surface area contributed by atoms with Crippen LogP contribution in [0.1, 0.15) is 25.1 Å². The van der Waals surface area contributed by atoms with Crippen molar-refractivity contribution in [3.05, 3.63) is 53.7 Å². The minimum absolute atomic E-state index is 0.132. The molecule has 6 nitrogen and oxygen atoms in total. The Bertz CT molecular complexity index is 917. The maximum absolute atomic E-state index is 9.61. The lowest BCUT2D eigenvalue weighted by atomic mass is 10.3. The molecule has 0 fully saturated rings. The number of nitrogens with zero attached hydrogens (tertiary/aromatic N) is 2. The van der Waals surface area contributed by atoms with E-state index in [4.69, 9.17) is 14.2 Å². The van der Waals surface area contributed by atoms with Crippen molar-refractivity contribution in [3.8, 4) is 34.6 Å². The van der Waals surface area contributed by atoms with E-state index >= 15 is 0 Å². The fourth-order valence-electron chi connectivity index (χ4n) is 2.66. The average Bonchev–Trinajstić information content (AvgIpc) is 2.93. The number of ether oxygens (including phenoxy) is 3. The van der Waals surface area contributed by atoms with Crippen LogP contribution in [0, 0.1) is 13.8 Å². The molecule has 0 saturated heterocycles. The number of benzene rings is 2. The van der Waals surface area contributed by atoms with Crippen molar-refractivity contribution in [2.24, 2.45) is 0 Å². The number of phenolic OH excluding ortho intramolecular Hbond substituents is 1. The third-order valence-corrected chi connectivity index (χ3v) is 4.16. The lowest BCUT2D eigenvalue weighted by Gasteiger charge is -2.13. The highest BCUT2D eigenvalue weighted by Crippen LogP contribution is 2.35. The summed E-state index contributed by atoms with van der Waals surface area (Å²) in [6.07, 6.45) is 0. The molecular weight excluding hydrogens is 344 g/mol. The van der Waals surface area contributed by atoms with Gasteiger partial charge in [-0.2, -0.15) is 5.10 Å². The van der Waals surface area contributed by atoms with Crippen LogP contribution in [0.2, 0.25) is 0 Å². The third kappa shape index (κ3) is 4.16. The maximum atomic E-state index is 9.61. The summed E-state index contributed by atoms with van der Waals surface area (Å²) in [6.45, 7) is 9.11. The second kappa shape index (κ2) is 8.03. The molecule has 0 aliphatic carbocycles. The minimum atomic E-state index is 0.132. The van der Waals surface area contributed by atoms with Crippen LogP contribution in [0.3, 0.4) is 0 Å². The van der Waals surface area contributed by atoms with E-state index in [1.807, 2.05) is 56.6 Å². The Morgan fingerprint density at radius 2 is 1.59 bits per heavy atom. The van der Waals surface area contributed by atoms with Gasteiger partial charge in [0.25, 0.3) is 0 Å². The highest BCUT2D eigenvalue weighted by molar-refractivity contribution is 5.47. The number of aromatic nitrogens is 2. The largest absolute Gasteiger partial charge is 0.508 e. The highest BCUT2D eigenvalue weighted by atomic mass is 16.5. The molecule has 1 aromatic heterocycles. The first-order valence-electron chi connectivity index (χ1n) is 8.97. The predicted octanol–water partition coefficient (Wildman–Crippen LogP) is 5.21. The van der Waals surface area contributed by atoms with Crippen molar-refractivity contribution in [1.29, 1.82) is 0 Å². The fraction of sp³-hybridized carbons (Fsp3) is 0.286. The highest BCUT2D eigenvalue weighted by Gasteiger charge is 2.13. The normalized spacial score (nSPS) is 10.7. The van der Waals surface area contributed by atoms with Crippen molar-refractivity contribution in [2.75, 3.05) is 6.61 Å². The first kappa shape index (κ1) is 18.6. The predicted molar refractivity (Wildman–Crippen MR) is 103 cm³/mol. The smallest absolute Gasteiger partial charge is 0.220 e. The SMILES string of the molecule is CCOc1cc(O)ccc1Oc1ccc(Oc2c(C)c(C)nn2CC)cc1. The lowest BCUT2D eigenvalue weighted by molar-refractivity contribution is 0.318. The number of phenols is 1. The van der Waals surface area contributed by atoms with E-state index in [1.165, 1.54) is 6.07 Å². The molecule has 2 aromatic carbocycles. The molecule has 0 aliphatic rings. The molecule has 6 heteroatoms. The quantitative estimate of drug-likeness (QED) is 0.620.